The van der Waals surface area contributed by atoms with E-state index < -0.39 is 0 Å². The van der Waals surface area contributed by atoms with Gasteiger partial charge in [0.05, 0.1) is 0 Å². The third kappa shape index (κ3) is 3.71. The van der Waals surface area contributed by atoms with Crippen LogP contribution < -0.4 is 10.2 Å². The van der Waals surface area contributed by atoms with Gasteiger partial charge in [-0.2, -0.15) is 0 Å². The zero-order valence-corrected chi connectivity index (χ0v) is 13.6. The van der Waals surface area contributed by atoms with Crippen LogP contribution >= 0.6 is 0 Å². The van der Waals surface area contributed by atoms with E-state index >= 15 is 0 Å². The second-order valence-electron chi connectivity index (χ2n) is 5.75. The van der Waals surface area contributed by atoms with Gasteiger partial charge in [-0.15, -0.1) is 0 Å². The first-order valence-electron chi connectivity index (χ1n) is 7.95. The van der Waals surface area contributed by atoms with Crippen LogP contribution in [-0.2, 0) is 4.79 Å². The summed E-state index contributed by atoms with van der Waals surface area (Å²) < 4.78 is 0. The van der Waals surface area contributed by atoms with E-state index in [0.717, 1.165) is 18.8 Å². The Labute approximate surface area is 141 Å². The SMILES string of the molecule is CC(=O)Nc1cccc(C(=O)N2CCN(c3ccncc3)CC2)c1. The van der Waals surface area contributed by atoms with Crippen molar-refractivity contribution in [1.82, 2.24) is 9.88 Å². The third-order valence-corrected chi connectivity index (χ3v) is 4.02. The molecule has 2 heterocycles. The highest BCUT2D eigenvalue weighted by molar-refractivity contribution is 5.97. The predicted molar refractivity (Wildman–Crippen MR) is 93.1 cm³/mol. The molecule has 0 bridgehead atoms. The van der Waals surface area contributed by atoms with Crippen molar-refractivity contribution in [2.75, 3.05) is 36.4 Å². The van der Waals surface area contributed by atoms with Gasteiger partial charge in [0.1, 0.15) is 0 Å². The number of anilines is 2. The van der Waals surface area contributed by atoms with Crippen LogP contribution in [0, 0.1) is 0 Å². The fraction of sp³-hybridized carbons (Fsp3) is 0.278. The maximum absolute atomic E-state index is 12.7. The summed E-state index contributed by atoms with van der Waals surface area (Å²) in [6.45, 7) is 4.38. The lowest BCUT2D eigenvalue weighted by molar-refractivity contribution is -0.114. The first-order valence-corrected chi connectivity index (χ1v) is 7.95. The summed E-state index contributed by atoms with van der Waals surface area (Å²) in [6, 6.07) is 11.0. The maximum Gasteiger partial charge on any atom is 0.254 e. The average Bonchev–Trinajstić information content (AvgIpc) is 2.62. The number of nitrogens with zero attached hydrogens (tertiary/aromatic N) is 3. The van der Waals surface area contributed by atoms with Crippen LogP contribution in [0.5, 0.6) is 0 Å². The van der Waals surface area contributed by atoms with Crippen molar-refractivity contribution >= 4 is 23.2 Å². The molecule has 2 amide bonds. The van der Waals surface area contributed by atoms with E-state index in [0.29, 0.717) is 24.3 Å². The molecule has 2 aromatic rings. The second kappa shape index (κ2) is 7.12. The van der Waals surface area contributed by atoms with Crippen LogP contribution in [0.25, 0.3) is 0 Å². The molecule has 1 saturated heterocycles. The summed E-state index contributed by atoms with van der Waals surface area (Å²) in [5, 5.41) is 2.71. The second-order valence-corrected chi connectivity index (χ2v) is 5.75. The smallest absolute Gasteiger partial charge is 0.254 e. The molecule has 3 rings (SSSR count). The maximum atomic E-state index is 12.7. The van der Waals surface area contributed by atoms with Gasteiger partial charge in [0.25, 0.3) is 5.91 Å². The topological polar surface area (TPSA) is 65.5 Å². The first-order chi connectivity index (χ1) is 11.6. The lowest BCUT2D eigenvalue weighted by atomic mass is 10.1. The van der Waals surface area contributed by atoms with Crippen molar-refractivity contribution < 1.29 is 9.59 Å². The molecule has 1 aliphatic heterocycles. The van der Waals surface area contributed by atoms with Crippen molar-refractivity contribution in [2.24, 2.45) is 0 Å². The van der Waals surface area contributed by atoms with Crippen molar-refractivity contribution in [3.63, 3.8) is 0 Å². The molecule has 0 aliphatic carbocycles. The Morgan fingerprint density at radius 1 is 1.04 bits per heavy atom. The van der Waals surface area contributed by atoms with Crippen molar-refractivity contribution in [3.8, 4) is 0 Å². The Bertz CT molecular complexity index is 725. The fourth-order valence-corrected chi connectivity index (χ4v) is 2.84. The molecule has 1 aliphatic rings. The minimum atomic E-state index is -0.148. The number of pyridine rings is 1. The molecule has 124 valence electrons. The summed E-state index contributed by atoms with van der Waals surface area (Å²) in [5.74, 6) is -0.151. The van der Waals surface area contributed by atoms with E-state index in [1.54, 1.807) is 36.7 Å². The third-order valence-electron chi connectivity index (χ3n) is 4.02. The summed E-state index contributed by atoms with van der Waals surface area (Å²) in [6.07, 6.45) is 3.56. The summed E-state index contributed by atoms with van der Waals surface area (Å²) in [5.41, 5.74) is 2.37. The van der Waals surface area contributed by atoms with Crippen LogP contribution in [-0.4, -0.2) is 47.9 Å². The van der Waals surface area contributed by atoms with Gasteiger partial charge in [-0.1, -0.05) is 6.07 Å². The molecule has 0 spiro atoms. The Morgan fingerprint density at radius 3 is 2.42 bits per heavy atom. The number of hydrogen-bond donors (Lipinski definition) is 1. The normalized spacial score (nSPS) is 14.4. The lowest BCUT2D eigenvalue weighted by Gasteiger charge is -2.36. The summed E-state index contributed by atoms with van der Waals surface area (Å²) in [4.78, 5) is 31.9. The van der Waals surface area contributed by atoms with Gasteiger partial charge >= 0.3 is 0 Å². The number of carbonyl (C=O) groups is 2. The van der Waals surface area contributed by atoms with Gasteiger partial charge in [0, 0.05) is 62.4 Å². The van der Waals surface area contributed by atoms with E-state index in [-0.39, 0.29) is 11.8 Å². The average molecular weight is 324 g/mol. The molecular formula is C18H20N4O2. The summed E-state index contributed by atoms with van der Waals surface area (Å²) >= 11 is 0. The zero-order valence-electron chi connectivity index (χ0n) is 13.6. The highest BCUT2D eigenvalue weighted by Crippen LogP contribution is 2.17. The highest BCUT2D eigenvalue weighted by atomic mass is 16.2. The van der Waals surface area contributed by atoms with Gasteiger partial charge < -0.3 is 15.1 Å². The molecule has 6 nitrogen and oxygen atoms in total. The van der Waals surface area contributed by atoms with Gasteiger partial charge in [0.2, 0.25) is 5.91 Å². The highest BCUT2D eigenvalue weighted by Gasteiger charge is 2.22. The molecule has 1 aromatic carbocycles. The van der Waals surface area contributed by atoms with Gasteiger partial charge in [-0.3, -0.25) is 14.6 Å². The minimum absolute atomic E-state index is 0.00317. The monoisotopic (exact) mass is 324 g/mol. The molecule has 0 atom stereocenters. The van der Waals surface area contributed by atoms with Crippen molar-refractivity contribution in [2.45, 2.75) is 6.92 Å². The predicted octanol–water partition coefficient (Wildman–Crippen LogP) is 2.00. The molecule has 1 fully saturated rings. The summed E-state index contributed by atoms with van der Waals surface area (Å²) in [7, 11) is 0. The Hall–Kier alpha value is -2.89. The Balaban J connectivity index is 1.64. The standard InChI is InChI=1S/C18H20N4O2/c1-14(23)20-16-4-2-3-15(13-16)18(24)22-11-9-21(10-12-22)17-5-7-19-8-6-17/h2-8,13H,9-12H2,1H3,(H,20,23). The minimum Gasteiger partial charge on any atom is -0.368 e. The van der Waals surface area contributed by atoms with Crippen LogP contribution in [0.3, 0.4) is 0 Å². The molecule has 24 heavy (non-hydrogen) atoms. The fourth-order valence-electron chi connectivity index (χ4n) is 2.84. The van der Waals surface area contributed by atoms with Gasteiger partial charge in [-0.05, 0) is 30.3 Å². The first kappa shape index (κ1) is 16.0. The lowest BCUT2D eigenvalue weighted by Crippen LogP contribution is -2.48. The quantitative estimate of drug-likeness (QED) is 0.938. The number of nitrogens with one attached hydrogen (secondary N) is 1. The van der Waals surface area contributed by atoms with Crippen LogP contribution in [0.4, 0.5) is 11.4 Å². The van der Waals surface area contributed by atoms with Crippen LogP contribution in [0.15, 0.2) is 48.8 Å². The van der Waals surface area contributed by atoms with E-state index in [4.69, 9.17) is 0 Å². The number of aromatic nitrogens is 1. The number of rotatable bonds is 3. The molecule has 0 radical (unpaired) electrons. The molecule has 6 heteroatoms. The Morgan fingerprint density at radius 2 is 1.75 bits per heavy atom. The van der Waals surface area contributed by atoms with Gasteiger partial charge in [-0.25, -0.2) is 0 Å². The van der Waals surface area contributed by atoms with E-state index in [1.165, 1.54) is 6.92 Å². The van der Waals surface area contributed by atoms with E-state index in [1.807, 2.05) is 17.0 Å². The van der Waals surface area contributed by atoms with Crippen LogP contribution in [0.1, 0.15) is 17.3 Å². The van der Waals surface area contributed by atoms with Gasteiger partial charge in [0.15, 0.2) is 0 Å². The molecule has 1 N–H and O–H groups in total. The zero-order chi connectivity index (χ0) is 16.9. The molecule has 1 aromatic heterocycles. The van der Waals surface area contributed by atoms with E-state index in [2.05, 4.69) is 15.2 Å². The number of carbonyl (C=O) groups excluding carboxylic acids is 2. The number of hydrogen-bond acceptors (Lipinski definition) is 4. The van der Waals surface area contributed by atoms with Crippen molar-refractivity contribution in [1.29, 1.82) is 0 Å². The molecule has 0 unspecified atom stereocenters. The molecule has 0 saturated carbocycles. The number of piperazine rings is 1. The number of benzene rings is 1. The van der Waals surface area contributed by atoms with E-state index in [9.17, 15) is 9.59 Å². The van der Waals surface area contributed by atoms with Crippen molar-refractivity contribution in [3.05, 3.63) is 54.4 Å². The van der Waals surface area contributed by atoms with Crippen LogP contribution in [0.2, 0.25) is 0 Å². The number of amides is 2. The Kier molecular flexibility index (Phi) is 4.74. The largest absolute Gasteiger partial charge is 0.368 e. The molecular weight excluding hydrogens is 304 g/mol.